The first kappa shape index (κ1) is 17.0. The zero-order valence-electron chi connectivity index (χ0n) is 12.7. The molecule has 0 radical (unpaired) electrons. The van der Waals surface area contributed by atoms with Gasteiger partial charge >= 0.3 is 5.97 Å². The molecule has 6 heteroatoms. The van der Waals surface area contributed by atoms with Crippen molar-refractivity contribution in [2.45, 2.75) is 13.8 Å². The molecule has 2 aromatic rings. The van der Waals surface area contributed by atoms with Crippen molar-refractivity contribution < 1.29 is 19.4 Å². The summed E-state index contributed by atoms with van der Waals surface area (Å²) in [6.45, 7) is 3.81. The Morgan fingerprint density at radius 1 is 1.13 bits per heavy atom. The molecule has 5 nitrogen and oxygen atoms in total. The molecule has 0 bridgehead atoms. The Morgan fingerprint density at radius 2 is 1.87 bits per heavy atom. The van der Waals surface area contributed by atoms with Crippen LogP contribution in [0.15, 0.2) is 40.9 Å². The maximum atomic E-state index is 11.9. The van der Waals surface area contributed by atoms with E-state index in [0.717, 1.165) is 11.1 Å². The second-order valence-corrected chi connectivity index (χ2v) is 5.94. The second-order valence-electron chi connectivity index (χ2n) is 5.09. The second kappa shape index (κ2) is 7.28. The van der Waals surface area contributed by atoms with Gasteiger partial charge in [0.05, 0.1) is 10.0 Å². The molecule has 120 valence electrons. The number of rotatable bonds is 5. The predicted octanol–water partition coefficient (Wildman–Crippen LogP) is 3.78. The summed E-state index contributed by atoms with van der Waals surface area (Å²) in [6, 6.07) is 10.0. The molecule has 0 saturated heterocycles. The molecule has 2 N–H and O–H groups in total. The molecular formula is C17H16BrNO4. The third-order valence-electron chi connectivity index (χ3n) is 3.33. The molecule has 0 fully saturated rings. The van der Waals surface area contributed by atoms with Gasteiger partial charge in [0.25, 0.3) is 5.91 Å². The number of halogens is 1. The summed E-state index contributed by atoms with van der Waals surface area (Å²) in [5.41, 5.74) is 3.10. The Morgan fingerprint density at radius 3 is 2.48 bits per heavy atom. The molecular weight excluding hydrogens is 362 g/mol. The average molecular weight is 378 g/mol. The van der Waals surface area contributed by atoms with Crippen molar-refractivity contribution in [2.24, 2.45) is 0 Å². The molecule has 0 unspecified atom stereocenters. The number of benzene rings is 2. The molecule has 0 aliphatic heterocycles. The lowest BCUT2D eigenvalue weighted by molar-refractivity contribution is -0.118. The lowest BCUT2D eigenvalue weighted by Gasteiger charge is -2.10. The Bertz CT molecular complexity index is 758. The summed E-state index contributed by atoms with van der Waals surface area (Å²) in [5.74, 6) is -0.905. The van der Waals surface area contributed by atoms with E-state index < -0.39 is 5.97 Å². The van der Waals surface area contributed by atoms with Crippen molar-refractivity contribution in [3.05, 3.63) is 57.6 Å². The summed E-state index contributed by atoms with van der Waals surface area (Å²) in [7, 11) is 0. The number of carbonyl (C=O) groups is 2. The van der Waals surface area contributed by atoms with E-state index in [0.29, 0.717) is 15.9 Å². The molecule has 0 heterocycles. The maximum Gasteiger partial charge on any atom is 0.335 e. The number of carboxylic acid groups (broad SMARTS) is 1. The van der Waals surface area contributed by atoms with Crippen LogP contribution in [-0.4, -0.2) is 23.6 Å². The van der Waals surface area contributed by atoms with Crippen molar-refractivity contribution in [3.8, 4) is 5.75 Å². The lowest BCUT2D eigenvalue weighted by Crippen LogP contribution is -2.20. The minimum Gasteiger partial charge on any atom is -0.483 e. The lowest BCUT2D eigenvalue weighted by atomic mass is 10.1. The van der Waals surface area contributed by atoms with Gasteiger partial charge in [0.2, 0.25) is 0 Å². The highest BCUT2D eigenvalue weighted by Gasteiger charge is 2.10. The number of anilines is 1. The van der Waals surface area contributed by atoms with Crippen LogP contribution in [0.2, 0.25) is 0 Å². The van der Waals surface area contributed by atoms with Crippen molar-refractivity contribution in [3.63, 3.8) is 0 Å². The number of aromatic carboxylic acids is 1. The van der Waals surface area contributed by atoms with Gasteiger partial charge in [-0.05, 0) is 71.2 Å². The number of ether oxygens (including phenoxy) is 1. The Hall–Kier alpha value is -2.34. The van der Waals surface area contributed by atoms with Gasteiger partial charge in [0.1, 0.15) is 5.75 Å². The van der Waals surface area contributed by atoms with Gasteiger partial charge in [-0.3, -0.25) is 4.79 Å². The summed E-state index contributed by atoms with van der Waals surface area (Å²) < 4.78 is 5.89. The van der Waals surface area contributed by atoms with Gasteiger partial charge in [-0.25, -0.2) is 4.79 Å². The summed E-state index contributed by atoms with van der Waals surface area (Å²) in [4.78, 5) is 22.8. The van der Waals surface area contributed by atoms with Crippen molar-refractivity contribution in [1.29, 1.82) is 0 Å². The first-order valence-electron chi connectivity index (χ1n) is 6.89. The molecule has 2 aromatic carbocycles. The van der Waals surface area contributed by atoms with E-state index in [1.165, 1.54) is 18.2 Å². The SMILES string of the molecule is Cc1ccc(NC(=O)COc2ccc(C(=O)O)cc2Br)cc1C. The molecule has 0 aliphatic rings. The maximum absolute atomic E-state index is 11.9. The Labute approximate surface area is 142 Å². The molecule has 0 aliphatic carbocycles. The highest BCUT2D eigenvalue weighted by molar-refractivity contribution is 9.10. The zero-order chi connectivity index (χ0) is 17.0. The number of amides is 1. The monoisotopic (exact) mass is 377 g/mol. The fourth-order valence-corrected chi connectivity index (χ4v) is 2.40. The minimum absolute atomic E-state index is 0.142. The van der Waals surface area contributed by atoms with Gasteiger partial charge < -0.3 is 15.2 Å². The summed E-state index contributed by atoms with van der Waals surface area (Å²) in [5, 5.41) is 11.7. The highest BCUT2D eigenvalue weighted by Crippen LogP contribution is 2.26. The van der Waals surface area contributed by atoms with Crippen LogP contribution in [-0.2, 0) is 4.79 Å². The molecule has 0 aromatic heterocycles. The van der Waals surface area contributed by atoms with Crippen LogP contribution >= 0.6 is 15.9 Å². The fourth-order valence-electron chi connectivity index (χ4n) is 1.91. The Balaban J connectivity index is 1.96. The van der Waals surface area contributed by atoms with Gasteiger partial charge in [-0.1, -0.05) is 6.07 Å². The van der Waals surface area contributed by atoms with Crippen molar-refractivity contribution in [1.82, 2.24) is 0 Å². The topological polar surface area (TPSA) is 75.6 Å². The van der Waals surface area contributed by atoms with Gasteiger partial charge in [-0.15, -0.1) is 0 Å². The standard InChI is InChI=1S/C17H16BrNO4/c1-10-3-5-13(7-11(10)2)19-16(20)9-23-15-6-4-12(17(21)22)8-14(15)18/h3-8H,9H2,1-2H3,(H,19,20)(H,21,22). The van der Waals surface area contributed by atoms with E-state index in [-0.39, 0.29) is 18.1 Å². The quantitative estimate of drug-likeness (QED) is 0.830. The van der Waals surface area contributed by atoms with E-state index in [2.05, 4.69) is 21.2 Å². The van der Waals surface area contributed by atoms with E-state index in [1.54, 1.807) is 0 Å². The zero-order valence-corrected chi connectivity index (χ0v) is 14.3. The first-order chi connectivity index (χ1) is 10.9. The smallest absolute Gasteiger partial charge is 0.335 e. The van der Waals surface area contributed by atoms with Crippen LogP contribution in [0.3, 0.4) is 0 Å². The largest absolute Gasteiger partial charge is 0.483 e. The molecule has 2 rings (SSSR count). The molecule has 23 heavy (non-hydrogen) atoms. The van der Waals surface area contributed by atoms with E-state index >= 15 is 0 Å². The number of carbonyl (C=O) groups excluding carboxylic acids is 1. The van der Waals surface area contributed by atoms with Crippen LogP contribution in [0, 0.1) is 13.8 Å². The van der Waals surface area contributed by atoms with Crippen LogP contribution in [0.4, 0.5) is 5.69 Å². The molecule has 0 spiro atoms. The van der Waals surface area contributed by atoms with Crippen LogP contribution in [0.25, 0.3) is 0 Å². The average Bonchev–Trinajstić information content (AvgIpc) is 2.49. The summed E-state index contributed by atoms with van der Waals surface area (Å²) in [6.07, 6.45) is 0. The Kier molecular flexibility index (Phi) is 5.39. The van der Waals surface area contributed by atoms with E-state index in [4.69, 9.17) is 9.84 Å². The number of carboxylic acids is 1. The van der Waals surface area contributed by atoms with Crippen LogP contribution < -0.4 is 10.1 Å². The third-order valence-corrected chi connectivity index (χ3v) is 3.95. The highest BCUT2D eigenvalue weighted by atomic mass is 79.9. The van der Waals surface area contributed by atoms with E-state index in [9.17, 15) is 9.59 Å². The normalized spacial score (nSPS) is 10.2. The van der Waals surface area contributed by atoms with Gasteiger partial charge in [-0.2, -0.15) is 0 Å². The van der Waals surface area contributed by atoms with Crippen molar-refractivity contribution >= 4 is 33.5 Å². The predicted molar refractivity (Wildman–Crippen MR) is 91.1 cm³/mol. The first-order valence-corrected chi connectivity index (χ1v) is 7.69. The van der Waals surface area contributed by atoms with E-state index in [1.807, 2.05) is 32.0 Å². The number of hydrogen-bond acceptors (Lipinski definition) is 3. The molecule has 0 atom stereocenters. The fraction of sp³-hybridized carbons (Fsp3) is 0.176. The number of nitrogens with one attached hydrogen (secondary N) is 1. The molecule has 0 saturated carbocycles. The van der Waals surface area contributed by atoms with Gasteiger partial charge in [0, 0.05) is 5.69 Å². The minimum atomic E-state index is -1.02. The number of hydrogen-bond donors (Lipinski definition) is 2. The number of aryl methyl sites for hydroxylation is 2. The third kappa shape index (κ3) is 4.56. The summed E-state index contributed by atoms with van der Waals surface area (Å²) >= 11 is 3.23. The van der Waals surface area contributed by atoms with Crippen LogP contribution in [0.1, 0.15) is 21.5 Å². The van der Waals surface area contributed by atoms with Crippen LogP contribution in [0.5, 0.6) is 5.75 Å². The molecule has 1 amide bonds. The van der Waals surface area contributed by atoms with Gasteiger partial charge in [0.15, 0.2) is 6.61 Å². The van der Waals surface area contributed by atoms with Crippen molar-refractivity contribution in [2.75, 3.05) is 11.9 Å².